The molecule has 3 fully saturated rings. The second-order valence-electron chi connectivity index (χ2n) is 13.3. The van der Waals surface area contributed by atoms with Crippen LogP contribution in [0.15, 0.2) is 58.1 Å². The Hall–Kier alpha value is -4.05. The maximum Gasteiger partial charge on any atom is 0.323 e. The van der Waals surface area contributed by atoms with E-state index < -0.39 is 51.3 Å². The Morgan fingerprint density at radius 2 is 1.82 bits per heavy atom. The zero-order valence-corrected chi connectivity index (χ0v) is 28.9. The van der Waals surface area contributed by atoms with Gasteiger partial charge in [-0.3, -0.25) is 19.3 Å². The number of sulfonamides is 1. The summed E-state index contributed by atoms with van der Waals surface area (Å²) in [7, 11) is -4.24. The van der Waals surface area contributed by atoms with E-state index in [9.17, 15) is 28.0 Å². The van der Waals surface area contributed by atoms with Crippen LogP contribution >= 0.6 is 0 Å². The largest absolute Gasteiger partial charge is 0.618 e. The lowest BCUT2D eigenvalue weighted by molar-refractivity contribution is -0.646. The van der Waals surface area contributed by atoms with Crippen LogP contribution in [0.1, 0.15) is 61.9 Å². The summed E-state index contributed by atoms with van der Waals surface area (Å²) in [4.78, 5) is 42.9. The molecule has 2 atom stereocenters. The van der Waals surface area contributed by atoms with Gasteiger partial charge in [-0.1, -0.05) is 32.1 Å². The van der Waals surface area contributed by atoms with Crippen molar-refractivity contribution in [1.82, 2.24) is 19.8 Å². The molecular formula is C35H45N5O9S. The molecule has 6 rings (SSSR count). The summed E-state index contributed by atoms with van der Waals surface area (Å²) >= 11 is 0. The molecule has 0 unspecified atom stereocenters. The third-order valence-corrected chi connectivity index (χ3v) is 11.6. The fourth-order valence-corrected chi connectivity index (χ4v) is 8.40. The number of aromatic nitrogens is 1. The topological polar surface area (TPSA) is 174 Å². The molecule has 270 valence electrons. The zero-order valence-electron chi connectivity index (χ0n) is 28.1. The molecule has 3 aromatic rings. The molecule has 2 aliphatic heterocycles. The third kappa shape index (κ3) is 8.81. The minimum absolute atomic E-state index is 0.0181. The first-order valence-electron chi connectivity index (χ1n) is 17.5. The molecule has 1 saturated carbocycles. The maximum absolute atomic E-state index is 13.8. The molecule has 2 saturated heterocycles. The molecular weight excluding hydrogens is 666 g/mol. The van der Waals surface area contributed by atoms with Crippen molar-refractivity contribution in [3.63, 3.8) is 0 Å². The van der Waals surface area contributed by atoms with Gasteiger partial charge in [0.25, 0.3) is 5.91 Å². The summed E-state index contributed by atoms with van der Waals surface area (Å²) in [5, 5.41) is 18.1. The van der Waals surface area contributed by atoms with Crippen molar-refractivity contribution in [2.24, 2.45) is 5.92 Å². The molecule has 3 aliphatic rings. The highest BCUT2D eigenvalue weighted by Gasteiger charge is 2.38. The summed E-state index contributed by atoms with van der Waals surface area (Å²) in [5.74, 6) is -0.617. The highest BCUT2D eigenvalue weighted by molar-refractivity contribution is 7.89. The number of ketones is 1. The van der Waals surface area contributed by atoms with Gasteiger partial charge in [0, 0.05) is 43.7 Å². The second kappa shape index (κ2) is 16.3. The smallest absolute Gasteiger partial charge is 0.323 e. The fourth-order valence-electron chi connectivity index (χ4n) is 6.93. The first kappa shape index (κ1) is 35.8. The third-order valence-electron chi connectivity index (χ3n) is 9.74. The fraction of sp³-hybridized carbons (Fsp3) is 0.543. The Morgan fingerprint density at radius 1 is 1.02 bits per heavy atom. The van der Waals surface area contributed by atoms with Gasteiger partial charge in [-0.05, 0) is 55.5 Å². The molecule has 2 N–H and O–H groups in total. The number of fused-ring (bicyclic) bond motifs is 1. The van der Waals surface area contributed by atoms with E-state index in [2.05, 4.69) is 15.5 Å². The minimum Gasteiger partial charge on any atom is -0.618 e. The van der Waals surface area contributed by atoms with Crippen LogP contribution in [0.2, 0.25) is 0 Å². The zero-order chi connectivity index (χ0) is 35.1. The van der Waals surface area contributed by atoms with Gasteiger partial charge < -0.3 is 29.7 Å². The first-order chi connectivity index (χ1) is 24.2. The van der Waals surface area contributed by atoms with Crippen LogP contribution in [0.5, 0.6) is 5.75 Å². The molecule has 14 nitrogen and oxygen atoms in total. The number of nitrogens with one attached hydrogen (secondary N) is 2. The van der Waals surface area contributed by atoms with Crippen molar-refractivity contribution in [3.05, 3.63) is 59.6 Å². The maximum atomic E-state index is 13.8. The average molecular weight is 712 g/mol. The van der Waals surface area contributed by atoms with Gasteiger partial charge in [-0.15, -0.1) is 0 Å². The van der Waals surface area contributed by atoms with Crippen LogP contribution in [0, 0.1) is 11.1 Å². The lowest BCUT2D eigenvalue weighted by Crippen LogP contribution is -2.53. The molecule has 0 spiro atoms. The van der Waals surface area contributed by atoms with E-state index in [-0.39, 0.29) is 29.4 Å². The van der Waals surface area contributed by atoms with Crippen molar-refractivity contribution < 1.29 is 41.4 Å². The quantitative estimate of drug-likeness (QED) is 0.210. The second-order valence-corrected chi connectivity index (χ2v) is 15.1. The van der Waals surface area contributed by atoms with Crippen molar-refractivity contribution in [2.45, 2.75) is 68.5 Å². The summed E-state index contributed by atoms with van der Waals surface area (Å²) in [6, 6.07) is 9.15. The number of benzene rings is 1. The number of amides is 2. The number of nitrogens with zero attached hydrogens (tertiary/aromatic N) is 3. The number of morpholine rings is 1. The van der Waals surface area contributed by atoms with E-state index in [1.807, 2.05) is 6.07 Å². The van der Waals surface area contributed by atoms with Gasteiger partial charge in [-0.2, -0.15) is 9.04 Å². The number of furan rings is 1. The molecule has 15 heteroatoms. The minimum atomic E-state index is -4.24. The number of carbonyl (C=O) groups is 3. The molecule has 0 bridgehead atoms. The summed E-state index contributed by atoms with van der Waals surface area (Å²) in [6.07, 6.45) is 7.09. The molecule has 0 radical (unpaired) electrons. The lowest BCUT2D eigenvalue weighted by Gasteiger charge is -2.27. The average Bonchev–Trinajstić information content (AvgIpc) is 3.46. The Labute approximate surface area is 291 Å². The Bertz CT molecular complexity index is 1770. The van der Waals surface area contributed by atoms with E-state index >= 15 is 0 Å². The van der Waals surface area contributed by atoms with Crippen molar-refractivity contribution in [1.29, 1.82) is 0 Å². The normalized spacial score (nSPS) is 20.6. The van der Waals surface area contributed by atoms with Crippen LogP contribution in [0.25, 0.3) is 11.0 Å². The van der Waals surface area contributed by atoms with Crippen LogP contribution in [-0.4, -0.2) is 99.8 Å². The van der Waals surface area contributed by atoms with Gasteiger partial charge in [0.05, 0.1) is 25.8 Å². The van der Waals surface area contributed by atoms with Crippen molar-refractivity contribution >= 4 is 38.6 Å². The molecule has 1 aromatic carbocycles. The predicted octanol–water partition coefficient (Wildman–Crippen LogP) is 2.38. The number of hydrogen-bond donors (Lipinski definition) is 2. The number of rotatable bonds is 12. The van der Waals surface area contributed by atoms with E-state index in [4.69, 9.17) is 13.9 Å². The SMILES string of the molecule is O=C(N[C@@H](CC1CCCCC1)C(=O)N[C@@H]1CCCN(S(=O)(=O)c2cccc[n+]2[O-])CC1=O)c1cc2cc(OCCN3CCOCC3)ccc2o1. The highest BCUT2D eigenvalue weighted by atomic mass is 32.2. The molecule has 2 aromatic heterocycles. The Morgan fingerprint density at radius 3 is 2.60 bits per heavy atom. The number of ether oxygens (including phenoxy) is 2. The van der Waals surface area contributed by atoms with E-state index in [0.29, 0.717) is 36.2 Å². The van der Waals surface area contributed by atoms with Crippen molar-refractivity contribution in [2.75, 3.05) is 52.5 Å². The summed E-state index contributed by atoms with van der Waals surface area (Å²) in [5.41, 5.74) is 0.505. The number of carbonyl (C=O) groups excluding carboxylic acids is 3. The van der Waals surface area contributed by atoms with Crippen molar-refractivity contribution in [3.8, 4) is 5.75 Å². The lowest BCUT2D eigenvalue weighted by atomic mass is 9.84. The van der Waals surface area contributed by atoms with E-state index in [1.165, 1.54) is 18.2 Å². The number of Topliss-reactive ketones (excluding diaryl/α,β-unsaturated/α-hetero) is 1. The van der Waals surface area contributed by atoms with Gasteiger partial charge in [0.1, 0.15) is 24.0 Å². The van der Waals surface area contributed by atoms with E-state index in [1.54, 1.807) is 18.2 Å². The molecule has 4 heterocycles. The molecule has 50 heavy (non-hydrogen) atoms. The predicted molar refractivity (Wildman–Crippen MR) is 182 cm³/mol. The number of pyridine rings is 1. The Kier molecular flexibility index (Phi) is 11.7. The first-order valence-corrected chi connectivity index (χ1v) is 18.9. The van der Waals surface area contributed by atoms with Gasteiger partial charge in [0.2, 0.25) is 5.91 Å². The molecule has 2 amide bonds. The van der Waals surface area contributed by atoms with Crippen LogP contribution in [-0.2, 0) is 24.3 Å². The van der Waals surface area contributed by atoms with E-state index in [0.717, 1.165) is 75.5 Å². The monoisotopic (exact) mass is 711 g/mol. The summed E-state index contributed by atoms with van der Waals surface area (Å²) < 4.78 is 44.9. The highest BCUT2D eigenvalue weighted by Crippen LogP contribution is 2.29. The standard InChI is InChI=1S/C35H45N5O9S/c41-30-24-39(50(45,46)33-10-4-5-14-40(33)44)13-6-9-28(30)36-34(42)29(21-25-7-2-1-3-8-25)37-35(43)32-23-26-22-27(11-12-31(26)49-32)48-20-17-38-15-18-47-19-16-38/h4-5,10-12,14,22-23,25,28-29H,1-3,6-9,13,15-21,24H2,(H,36,42)(H,37,43)/t28-,29+/m1/s1. The number of hydrogen-bond acceptors (Lipinski definition) is 10. The van der Waals surface area contributed by atoms with Crippen LogP contribution in [0.3, 0.4) is 0 Å². The van der Waals surface area contributed by atoms with Gasteiger partial charge >= 0.3 is 15.0 Å². The van der Waals surface area contributed by atoms with Crippen LogP contribution < -0.4 is 20.1 Å². The summed E-state index contributed by atoms with van der Waals surface area (Å²) in [6.45, 7) is 4.02. The van der Waals surface area contributed by atoms with Gasteiger partial charge in [-0.25, -0.2) is 8.42 Å². The molecule has 1 aliphatic carbocycles. The van der Waals surface area contributed by atoms with Crippen LogP contribution in [0.4, 0.5) is 0 Å². The Balaban J connectivity index is 1.10. The van der Waals surface area contributed by atoms with Gasteiger partial charge in [0.15, 0.2) is 17.7 Å².